The third-order valence-electron chi connectivity index (χ3n) is 5.25. The van der Waals surface area contributed by atoms with E-state index < -0.39 is 0 Å². The number of rotatable bonds is 4. The van der Waals surface area contributed by atoms with E-state index in [-0.39, 0.29) is 5.91 Å². The van der Waals surface area contributed by atoms with Crippen LogP contribution in [-0.2, 0) is 30.6 Å². The molecule has 0 radical (unpaired) electrons. The van der Waals surface area contributed by atoms with Crippen LogP contribution in [0.15, 0.2) is 42.5 Å². The number of amides is 1. The Bertz CT molecular complexity index is 753. The molecule has 1 amide bonds. The maximum atomic E-state index is 12.3. The molecule has 0 atom stereocenters. The lowest BCUT2D eigenvalue weighted by Gasteiger charge is -2.28. The summed E-state index contributed by atoms with van der Waals surface area (Å²) >= 11 is 0. The van der Waals surface area contributed by atoms with Gasteiger partial charge in [0, 0.05) is 31.7 Å². The first-order valence-electron chi connectivity index (χ1n) is 8.99. The van der Waals surface area contributed by atoms with Crippen LogP contribution in [0.5, 0.6) is 0 Å². The Kier molecular flexibility index (Phi) is 4.35. The van der Waals surface area contributed by atoms with Crippen molar-refractivity contribution in [2.24, 2.45) is 0 Å². The molecule has 0 aromatic heterocycles. The van der Waals surface area contributed by atoms with Crippen LogP contribution in [0.25, 0.3) is 0 Å². The number of benzene rings is 2. The Hall–Kier alpha value is -2.13. The van der Waals surface area contributed by atoms with Crippen LogP contribution in [0.2, 0.25) is 0 Å². The second-order valence-corrected chi connectivity index (χ2v) is 6.93. The predicted molar refractivity (Wildman–Crippen MR) is 97.1 cm³/mol. The third kappa shape index (κ3) is 3.36. The standard InChI is InChI=1S/C21H24N2O/c24-21(22-20-9-8-16-6-3-7-18(16)14-20)11-13-23-12-10-17-4-1-2-5-19(17)15-23/h1-2,4-5,8-9,14H,3,6-7,10-13,15H2,(H,22,24). The summed E-state index contributed by atoms with van der Waals surface area (Å²) in [4.78, 5) is 14.6. The van der Waals surface area contributed by atoms with E-state index in [4.69, 9.17) is 0 Å². The Morgan fingerprint density at radius 2 is 1.75 bits per heavy atom. The van der Waals surface area contributed by atoms with E-state index in [1.54, 1.807) is 0 Å². The minimum atomic E-state index is 0.117. The number of nitrogens with zero attached hydrogens (tertiary/aromatic N) is 1. The highest BCUT2D eigenvalue weighted by Gasteiger charge is 2.17. The van der Waals surface area contributed by atoms with Gasteiger partial charge in [-0.05, 0) is 60.1 Å². The smallest absolute Gasteiger partial charge is 0.225 e. The minimum absolute atomic E-state index is 0.117. The largest absolute Gasteiger partial charge is 0.326 e. The molecule has 1 aliphatic carbocycles. The van der Waals surface area contributed by atoms with Crippen molar-refractivity contribution >= 4 is 11.6 Å². The Labute approximate surface area is 143 Å². The first-order valence-corrected chi connectivity index (χ1v) is 8.99. The molecule has 1 heterocycles. The van der Waals surface area contributed by atoms with Crippen molar-refractivity contribution in [2.45, 2.75) is 38.6 Å². The van der Waals surface area contributed by atoms with Crippen LogP contribution >= 0.6 is 0 Å². The molecule has 4 rings (SSSR count). The van der Waals surface area contributed by atoms with Gasteiger partial charge in [-0.1, -0.05) is 30.3 Å². The summed E-state index contributed by atoms with van der Waals surface area (Å²) in [5, 5.41) is 3.06. The number of carbonyl (C=O) groups is 1. The topological polar surface area (TPSA) is 32.3 Å². The number of anilines is 1. The maximum Gasteiger partial charge on any atom is 0.225 e. The number of nitrogens with one attached hydrogen (secondary N) is 1. The summed E-state index contributed by atoms with van der Waals surface area (Å²) in [6.45, 7) is 2.83. The first kappa shape index (κ1) is 15.4. The van der Waals surface area contributed by atoms with Gasteiger partial charge in [-0.15, -0.1) is 0 Å². The van der Waals surface area contributed by atoms with E-state index in [0.29, 0.717) is 6.42 Å². The molecule has 3 nitrogen and oxygen atoms in total. The van der Waals surface area contributed by atoms with Gasteiger partial charge in [0.1, 0.15) is 0 Å². The second kappa shape index (κ2) is 6.78. The second-order valence-electron chi connectivity index (χ2n) is 6.93. The van der Waals surface area contributed by atoms with Crippen molar-refractivity contribution in [1.82, 2.24) is 4.90 Å². The number of carbonyl (C=O) groups excluding carboxylic acids is 1. The quantitative estimate of drug-likeness (QED) is 0.934. The predicted octanol–water partition coefficient (Wildman–Crippen LogP) is 3.56. The van der Waals surface area contributed by atoms with Crippen molar-refractivity contribution in [1.29, 1.82) is 0 Å². The van der Waals surface area contributed by atoms with Crippen molar-refractivity contribution < 1.29 is 4.79 Å². The molecule has 2 aliphatic rings. The van der Waals surface area contributed by atoms with Gasteiger partial charge >= 0.3 is 0 Å². The van der Waals surface area contributed by atoms with Gasteiger partial charge in [-0.3, -0.25) is 9.69 Å². The summed E-state index contributed by atoms with van der Waals surface area (Å²) in [7, 11) is 0. The molecule has 1 aliphatic heterocycles. The van der Waals surface area contributed by atoms with Gasteiger partial charge in [0.15, 0.2) is 0 Å². The summed E-state index contributed by atoms with van der Waals surface area (Å²) in [6, 6.07) is 15.0. The molecular weight excluding hydrogens is 296 g/mol. The molecule has 0 unspecified atom stereocenters. The molecule has 0 spiro atoms. The number of fused-ring (bicyclic) bond motifs is 2. The van der Waals surface area contributed by atoms with Gasteiger partial charge in [0.05, 0.1) is 0 Å². The van der Waals surface area contributed by atoms with Crippen molar-refractivity contribution in [3.8, 4) is 0 Å². The molecule has 2 aromatic carbocycles. The molecular formula is C21H24N2O. The Morgan fingerprint density at radius 3 is 2.67 bits per heavy atom. The fourth-order valence-corrected chi connectivity index (χ4v) is 3.88. The zero-order valence-electron chi connectivity index (χ0n) is 14.1. The maximum absolute atomic E-state index is 12.3. The van der Waals surface area contributed by atoms with E-state index in [9.17, 15) is 4.79 Å². The van der Waals surface area contributed by atoms with E-state index in [2.05, 4.69) is 46.6 Å². The van der Waals surface area contributed by atoms with Crippen LogP contribution in [0.1, 0.15) is 35.1 Å². The van der Waals surface area contributed by atoms with Crippen LogP contribution in [0.4, 0.5) is 5.69 Å². The average molecular weight is 320 g/mol. The molecule has 2 aromatic rings. The number of aryl methyl sites for hydroxylation is 2. The van der Waals surface area contributed by atoms with Crippen LogP contribution < -0.4 is 5.32 Å². The van der Waals surface area contributed by atoms with E-state index in [1.807, 2.05) is 6.07 Å². The van der Waals surface area contributed by atoms with Gasteiger partial charge in [0.25, 0.3) is 0 Å². The number of hydrogen-bond donors (Lipinski definition) is 1. The summed E-state index contributed by atoms with van der Waals surface area (Å²) in [6.07, 6.45) is 5.21. The Balaban J connectivity index is 1.30. The lowest BCUT2D eigenvalue weighted by molar-refractivity contribution is -0.116. The van der Waals surface area contributed by atoms with Crippen molar-refractivity contribution in [3.63, 3.8) is 0 Å². The summed E-state index contributed by atoms with van der Waals surface area (Å²) in [5.41, 5.74) is 6.66. The highest BCUT2D eigenvalue weighted by molar-refractivity contribution is 5.91. The van der Waals surface area contributed by atoms with Crippen molar-refractivity contribution in [2.75, 3.05) is 18.4 Å². The van der Waals surface area contributed by atoms with Crippen LogP contribution in [0.3, 0.4) is 0 Å². The first-order chi connectivity index (χ1) is 11.8. The highest BCUT2D eigenvalue weighted by Crippen LogP contribution is 2.25. The molecule has 1 N–H and O–H groups in total. The lowest BCUT2D eigenvalue weighted by atomic mass is 10.00. The average Bonchev–Trinajstić information content (AvgIpc) is 3.07. The molecule has 0 bridgehead atoms. The molecule has 0 saturated heterocycles. The number of hydrogen-bond acceptors (Lipinski definition) is 2. The molecule has 3 heteroatoms. The van der Waals surface area contributed by atoms with Gasteiger partial charge in [-0.2, -0.15) is 0 Å². The van der Waals surface area contributed by atoms with Crippen LogP contribution in [0, 0.1) is 0 Å². The summed E-state index contributed by atoms with van der Waals surface area (Å²) < 4.78 is 0. The highest BCUT2D eigenvalue weighted by atomic mass is 16.1. The van der Waals surface area contributed by atoms with Gasteiger partial charge in [-0.25, -0.2) is 0 Å². The summed E-state index contributed by atoms with van der Waals surface area (Å²) in [5.74, 6) is 0.117. The van der Waals surface area contributed by atoms with Gasteiger partial charge in [0.2, 0.25) is 5.91 Å². The SMILES string of the molecule is O=C(CCN1CCc2ccccc2C1)Nc1ccc2c(c1)CCC2. The lowest BCUT2D eigenvalue weighted by Crippen LogP contribution is -2.33. The zero-order valence-corrected chi connectivity index (χ0v) is 14.1. The molecule has 24 heavy (non-hydrogen) atoms. The fourth-order valence-electron chi connectivity index (χ4n) is 3.88. The zero-order chi connectivity index (χ0) is 16.4. The fraction of sp³-hybridized carbons (Fsp3) is 0.381. The van der Waals surface area contributed by atoms with Crippen molar-refractivity contribution in [3.05, 3.63) is 64.7 Å². The molecule has 124 valence electrons. The third-order valence-corrected chi connectivity index (χ3v) is 5.25. The van der Waals surface area contributed by atoms with Gasteiger partial charge < -0.3 is 5.32 Å². The van der Waals surface area contributed by atoms with E-state index in [1.165, 1.54) is 35.1 Å². The monoisotopic (exact) mass is 320 g/mol. The molecule has 0 saturated carbocycles. The van der Waals surface area contributed by atoms with E-state index >= 15 is 0 Å². The normalized spacial score (nSPS) is 16.5. The van der Waals surface area contributed by atoms with E-state index in [0.717, 1.165) is 38.2 Å². The Morgan fingerprint density at radius 1 is 0.958 bits per heavy atom. The molecule has 0 fully saturated rings. The minimum Gasteiger partial charge on any atom is -0.326 e. The van der Waals surface area contributed by atoms with Crippen LogP contribution in [-0.4, -0.2) is 23.9 Å².